The van der Waals surface area contributed by atoms with Crippen molar-refractivity contribution in [1.82, 2.24) is 0 Å². The van der Waals surface area contributed by atoms with Gasteiger partial charge in [-0.15, -0.1) is 9.24 Å². The molecule has 0 spiro atoms. The topological polar surface area (TPSA) is 0 Å². The van der Waals surface area contributed by atoms with E-state index in [-0.39, 0.29) is 0 Å². The Hall–Kier alpha value is 0.724. The molecule has 0 bridgehead atoms. The average molecular weight is 240 g/mol. The summed E-state index contributed by atoms with van der Waals surface area (Å²) >= 11 is 0.569. The first-order valence-corrected chi connectivity index (χ1v) is 5.73. The molecule has 0 nitrogen and oxygen atoms in total. The monoisotopic (exact) mass is 238 g/mol. The fourth-order valence-electron chi connectivity index (χ4n) is 0.453. The van der Waals surface area contributed by atoms with E-state index in [1.165, 1.54) is 5.30 Å². The summed E-state index contributed by atoms with van der Waals surface area (Å²) in [4.78, 5) is 0. The summed E-state index contributed by atoms with van der Waals surface area (Å²) in [5.74, 6) is 0. The van der Waals surface area contributed by atoms with Crippen molar-refractivity contribution in [3.8, 4) is 0 Å². The van der Waals surface area contributed by atoms with Crippen LogP contribution in [0, 0.1) is 0 Å². The molecule has 1 rings (SSSR count). The molecule has 0 aliphatic heterocycles. The van der Waals surface area contributed by atoms with Crippen LogP contribution in [0.4, 0.5) is 0 Å². The molecule has 0 fully saturated rings. The Bertz CT molecular complexity index is 157. The van der Waals surface area contributed by atoms with Gasteiger partial charge in [0.05, 0.1) is 0 Å². The minimum absolute atomic E-state index is 0.569. The van der Waals surface area contributed by atoms with Crippen molar-refractivity contribution in [2.45, 2.75) is 0 Å². The fraction of sp³-hybridized carbons (Fsp3) is 0. The predicted octanol–water partition coefficient (Wildman–Crippen LogP) is 2.56. The zero-order valence-corrected chi connectivity index (χ0v) is 8.69. The molecule has 0 aliphatic rings. The van der Waals surface area contributed by atoms with Gasteiger partial charge in [0.25, 0.3) is 0 Å². The summed E-state index contributed by atoms with van der Waals surface area (Å²) in [6, 6.07) is 10.1. The first-order valence-electron chi connectivity index (χ1n) is 2.44. The second kappa shape index (κ2) is 7.83. The van der Waals surface area contributed by atoms with Crippen molar-refractivity contribution in [3.63, 3.8) is 0 Å². The summed E-state index contributed by atoms with van der Waals surface area (Å²) in [5, 5.41) is 1.24. The van der Waals surface area contributed by atoms with Gasteiger partial charge in [-0.25, -0.2) is 0 Å². The number of hydrogen-bond acceptors (Lipinski definition) is 0. The third-order valence-electron chi connectivity index (χ3n) is 0.800. The van der Waals surface area contributed by atoms with Crippen LogP contribution in [-0.2, 0) is 12.7 Å². The van der Waals surface area contributed by atoms with Gasteiger partial charge in [-0.2, -0.15) is 0 Å². The van der Waals surface area contributed by atoms with E-state index in [1.807, 2.05) is 30.3 Å². The molecule has 1 atom stereocenters. The predicted molar refractivity (Wildman–Crippen MR) is 47.5 cm³/mol. The molecule has 0 saturated carbocycles. The Kier molecular flexibility index (Phi) is 8.39. The number of benzene rings is 1. The zero-order chi connectivity index (χ0) is 7.82. The van der Waals surface area contributed by atoms with Crippen molar-refractivity contribution in [2.24, 2.45) is 0 Å². The van der Waals surface area contributed by atoms with Crippen LogP contribution >= 0.6 is 29.6 Å². The van der Waals surface area contributed by atoms with Crippen LogP contribution in [-0.4, -0.2) is 0 Å². The van der Waals surface area contributed by atoms with Crippen LogP contribution in [0.3, 0.4) is 0 Å². The zero-order valence-electron chi connectivity index (χ0n) is 5.04. The van der Waals surface area contributed by atoms with Crippen LogP contribution in [0.15, 0.2) is 30.3 Å². The fourth-order valence-corrected chi connectivity index (χ4v) is 0.675. The van der Waals surface area contributed by atoms with E-state index in [0.29, 0.717) is 12.7 Å². The van der Waals surface area contributed by atoms with Crippen LogP contribution in [0.1, 0.15) is 0 Å². The van der Waals surface area contributed by atoms with Crippen LogP contribution < -0.4 is 5.30 Å². The van der Waals surface area contributed by atoms with Gasteiger partial charge in [0.2, 0.25) is 0 Å². The van der Waals surface area contributed by atoms with Gasteiger partial charge in [0.1, 0.15) is 0 Å². The summed E-state index contributed by atoms with van der Waals surface area (Å²) < 4.78 is 0. The first kappa shape index (κ1) is 10.7. The van der Waals surface area contributed by atoms with Crippen molar-refractivity contribution in [3.05, 3.63) is 30.3 Å². The molecule has 1 unspecified atom stereocenters. The van der Waals surface area contributed by atoms with Gasteiger partial charge in [0, 0.05) is 0 Å². The molecule has 0 radical (unpaired) electrons. The van der Waals surface area contributed by atoms with Crippen LogP contribution in [0.5, 0.6) is 0 Å². The molecule has 0 N–H and O–H groups in total. The molecule has 60 valence electrons. The SMILES string of the molecule is Pc1ccccc1.[Cl][Ni][Cl]. The van der Waals surface area contributed by atoms with E-state index in [2.05, 4.69) is 9.24 Å². The van der Waals surface area contributed by atoms with Crippen LogP contribution in [0.2, 0.25) is 0 Å². The molecule has 0 aromatic heterocycles. The summed E-state index contributed by atoms with van der Waals surface area (Å²) in [6.07, 6.45) is 0. The van der Waals surface area contributed by atoms with E-state index in [0.717, 1.165) is 0 Å². The Balaban J connectivity index is 0.000000236. The van der Waals surface area contributed by atoms with Crippen molar-refractivity contribution in [1.29, 1.82) is 0 Å². The molecule has 0 saturated heterocycles. The quantitative estimate of drug-likeness (QED) is 0.482. The molecule has 1 aromatic carbocycles. The van der Waals surface area contributed by atoms with Crippen molar-refractivity contribution < 1.29 is 12.7 Å². The maximum absolute atomic E-state index is 4.70. The molecule has 0 heterocycles. The second-order valence-corrected chi connectivity index (χ2v) is 3.75. The van der Waals surface area contributed by atoms with Crippen molar-refractivity contribution in [2.75, 3.05) is 0 Å². The van der Waals surface area contributed by atoms with E-state index < -0.39 is 0 Å². The van der Waals surface area contributed by atoms with Crippen LogP contribution in [0.25, 0.3) is 0 Å². The van der Waals surface area contributed by atoms with Gasteiger partial charge in [-0.3, -0.25) is 0 Å². The van der Waals surface area contributed by atoms with E-state index in [1.54, 1.807) is 0 Å². The third-order valence-corrected chi connectivity index (χ3v) is 1.18. The molecule has 10 heavy (non-hydrogen) atoms. The summed E-state index contributed by atoms with van der Waals surface area (Å²) in [6.45, 7) is 0. The van der Waals surface area contributed by atoms with Gasteiger partial charge >= 0.3 is 33.0 Å². The molecular weight excluding hydrogens is 233 g/mol. The average Bonchev–Trinajstić information content (AvgIpc) is 1.91. The summed E-state index contributed by atoms with van der Waals surface area (Å²) in [5.41, 5.74) is 0. The van der Waals surface area contributed by atoms with Gasteiger partial charge < -0.3 is 0 Å². The molecule has 0 amide bonds. The number of rotatable bonds is 0. The first-order chi connectivity index (χ1) is 4.81. The van der Waals surface area contributed by atoms with Gasteiger partial charge in [0.15, 0.2) is 0 Å². The molecule has 1 aromatic rings. The normalized spacial score (nSPS) is 8.30. The molecule has 4 heteroatoms. The Labute approximate surface area is 77.9 Å². The molecular formula is C6H7Cl2NiP. The summed E-state index contributed by atoms with van der Waals surface area (Å²) in [7, 11) is 12.0. The Morgan fingerprint density at radius 1 is 1.10 bits per heavy atom. The minimum atomic E-state index is 0.569. The maximum atomic E-state index is 4.70. The second-order valence-electron chi connectivity index (χ2n) is 1.46. The Morgan fingerprint density at radius 2 is 1.50 bits per heavy atom. The molecule has 0 aliphatic carbocycles. The standard InChI is InChI=1S/C6H7P.2ClH.Ni/c7-6-4-2-1-3-5-6;;;/h1-5H,7H2;2*1H;/q;;;+2/p-2. The van der Waals surface area contributed by atoms with Gasteiger partial charge in [-0.05, 0) is 5.30 Å². The van der Waals surface area contributed by atoms with E-state index in [9.17, 15) is 0 Å². The van der Waals surface area contributed by atoms with Crippen molar-refractivity contribution >= 4 is 34.9 Å². The van der Waals surface area contributed by atoms with E-state index in [4.69, 9.17) is 20.4 Å². The number of halogens is 2. The van der Waals surface area contributed by atoms with E-state index >= 15 is 0 Å². The number of hydrogen-bond donors (Lipinski definition) is 0. The Morgan fingerprint density at radius 3 is 1.70 bits per heavy atom. The third kappa shape index (κ3) is 6.84. The van der Waals surface area contributed by atoms with Gasteiger partial charge in [-0.1, -0.05) is 30.3 Å².